The molecular formula is C14H24N2O. The van der Waals surface area contributed by atoms with Crippen LogP contribution in [0.4, 0.5) is 0 Å². The number of carbonyl (C=O) groups is 1. The minimum atomic E-state index is 0.211. The summed E-state index contributed by atoms with van der Waals surface area (Å²) in [6.07, 6.45) is 4.16. The zero-order valence-electron chi connectivity index (χ0n) is 11.4. The van der Waals surface area contributed by atoms with Gasteiger partial charge in [0.05, 0.1) is 12.7 Å². The van der Waals surface area contributed by atoms with Crippen LogP contribution in [0.2, 0.25) is 0 Å². The number of nitrogens with one attached hydrogen (secondary N) is 1. The van der Waals surface area contributed by atoms with Gasteiger partial charge in [-0.3, -0.25) is 10.1 Å². The Labute approximate surface area is 104 Å². The summed E-state index contributed by atoms with van der Waals surface area (Å²) >= 11 is 0. The number of fused-ring (bicyclic) bond motifs is 2. The van der Waals surface area contributed by atoms with Crippen molar-refractivity contribution < 1.29 is 4.79 Å². The molecule has 4 atom stereocenters. The van der Waals surface area contributed by atoms with Gasteiger partial charge in [0.15, 0.2) is 0 Å². The summed E-state index contributed by atoms with van der Waals surface area (Å²) < 4.78 is 0. The quantitative estimate of drug-likeness (QED) is 0.755. The molecule has 2 saturated carbocycles. The third kappa shape index (κ3) is 1.35. The molecule has 0 radical (unpaired) electrons. The normalized spacial score (nSPS) is 48.1. The molecule has 1 aliphatic heterocycles. The van der Waals surface area contributed by atoms with Crippen LogP contribution in [0.1, 0.15) is 47.0 Å². The predicted molar refractivity (Wildman–Crippen MR) is 67.3 cm³/mol. The Bertz CT molecular complexity index is 360. The van der Waals surface area contributed by atoms with Crippen LogP contribution in [0.3, 0.4) is 0 Å². The Morgan fingerprint density at radius 1 is 1.35 bits per heavy atom. The van der Waals surface area contributed by atoms with Gasteiger partial charge in [0.2, 0.25) is 5.91 Å². The van der Waals surface area contributed by atoms with Gasteiger partial charge in [-0.25, -0.2) is 0 Å². The standard InChI is InChI=1S/C14H24N2O/c1-9-15-8-11(17)16(9)12-13(2,3)10-5-6-14(12,4)7-10/h9-10,12,15H,5-8H2,1-4H3. The molecule has 0 aromatic carbocycles. The molecule has 4 unspecified atom stereocenters. The van der Waals surface area contributed by atoms with Gasteiger partial charge in [0.25, 0.3) is 0 Å². The van der Waals surface area contributed by atoms with Gasteiger partial charge in [0, 0.05) is 6.04 Å². The monoisotopic (exact) mass is 236 g/mol. The summed E-state index contributed by atoms with van der Waals surface area (Å²) in [5.41, 5.74) is 0.632. The lowest BCUT2D eigenvalue weighted by molar-refractivity contribution is -0.136. The van der Waals surface area contributed by atoms with Crippen molar-refractivity contribution in [3.8, 4) is 0 Å². The van der Waals surface area contributed by atoms with Crippen molar-refractivity contribution >= 4 is 5.91 Å². The minimum absolute atomic E-state index is 0.211. The number of nitrogens with zero attached hydrogens (tertiary/aromatic N) is 1. The SMILES string of the molecule is CC1NCC(=O)N1C1C2(C)CCC(C2)C1(C)C. The minimum Gasteiger partial charge on any atom is -0.322 e. The smallest absolute Gasteiger partial charge is 0.238 e. The number of hydrogen-bond acceptors (Lipinski definition) is 2. The second kappa shape index (κ2) is 3.25. The molecule has 2 aliphatic carbocycles. The summed E-state index contributed by atoms with van der Waals surface area (Å²) in [6.45, 7) is 9.77. The highest BCUT2D eigenvalue weighted by Gasteiger charge is 2.62. The highest BCUT2D eigenvalue weighted by atomic mass is 16.2. The number of amides is 1. The van der Waals surface area contributed by atoms with Crippen LogP contribution < -0.4 is 5.32 Å². The molecule has 3 nitrogen and oxygen atoms in total. The van der Waals surface area contributed by atoms with E-state index in [-0.39, 0.29) is 11.6 Å². The van der Waals surface area contributed by atoms with Crippen molar-refractivity contribution in [1.29, 1.82) is 0 Å². The van der Waals surface area contributed by atoms with Crippen LogP contribution in [0.25, 0.3) is 0 Å². The fraction of sp³-hybridized carbons (Fsp3) is 0.929. The number of carbonyl (C=O) groups excluding carboxylic acids is 1. The Hall–Kier alpha value is -0.570. The maximum absolute atomic E-state index is 12.1. The zero-order valence-corrected chi connectivity index (χ0v) is 11.4. The van der Waals surface area contributed by atoms with Crippen molar-refractivity contribution in [3.05, 3.63) is 0 Å². The second-order valence-electron chi connectivity index (χ2n) is 7.18. The lowest BCUT2D eigenvalue weighted by atomic mass is 9.67. The van der Waals surface area contributed by atoms with E-state index in [2.05, 4.69) is 37.9 Å². The highest BCUT2D eigenvalue weighted by molar-refractivity contribution is 5.81. The van der Waals surface area contributed by atoms with Gasteiger partial charge < -0.3 is 4.90 Å². The van der Waals surface area contributed by atoms with Crippen molar-refractivity contribution in [3.63, 3.8) is 0 Å². The van der Waals surface area contributed by atoms with Crippen LogP contribution in [0.15, 0.2) is 0 Å². The maximum atomic E-state index is 12.1. The van der Waals surface area contributed by atoms with E-state index in [0.29, 0.717) is 23.9 Å². The third-order valence-corrected chi connectivity index (χ3v) is 5.73. The predicted octanol–water partition coefficient (Wildman–Crippen LogP) is 1.98. The van der Waals surface area contributed by atoms with Crippen molar-refractivity contribution in [1.82, 2.24) is 10.2 Å². The summed E-state index contributed by atoms with van der Waals surface area (Å²) in [5.74, 6) is 1.10. The summed E-state index contributed by atoms with van der Waals surface area (Å²) in [7, 11) is 0. The Balaban J connectivity index is 1.99. The van der Waals surface area contributed by atoms with Gasteiger partial charge >= 0.3 is 0 Å². The van der Waals surface area contributed by atoms with E-state index in [4.69, 9.17) is 0 Å². The van der Waals surface area contributed by atoms with Crippen LogP contribution >= 0.6 is 0 Å². The number of hydrogen-bond donors (Lipinski definition) is 1. The molecule has 1 saturated heterocycles. The van der Waals surface area contributed by atoms with Crippen LogP contribution in [-0.2, 0) is 4.79 Å². The number of rotatable bonds is 1. The van der Waals surface area contributed by atoms with E-state index < -0.39 is 0 Å². The molecule has 1 N–H and O–H groups in total. The van der Waals surface area contributed by atoms with Gasteiger partial charge in [-0.2, -0.15) is 0 Å². The molecule has 3 fully saturated rings. The van der Waals surface area contributed by atoms with E-state index in [9.17, 15) is 4.79 Å². The molecule has 0 spiro atoms. The highest BCUT2D eigenvalue weighted by Crippen LogP contribution is 2.64. The fourth-order valence-corrected chi connectivity index (χ4v) is 4.98. The van der Waals surface area contributed by atoms with Crippen molar-refractivity contribution in [2.45, 2.75) is 59.2 Å². The molecule has 3 aliphatic rings. The largest absolute Gasteiger partial charge is 0.322 e. The van der Waals surface area contributed by atoms with Crippen molar-refractivity contribution in [2.24, 2.45) is 16.7 Å². The van der Waals surface area contributed by atoms with E-state index in [1.807, 2.05) is 0 Å². The van der Waals surface area contributed by atoms with Crippen LogP contribution in [0, 0.1) is 16.7 Å². The molecule has 17 heavy (non-hydrogen) atoms. The lowest BCUT2D eigenvalue weighted by Crippen LogP contribution is -2.56. The Kier molecular flexibility index (Phi) is 2.20. The summed E-state index contributed by atoms with van der Waals surface area (Å²) in [4.78, 5) is 14.3. The molecule has 1 heterocycles. The summed E-state index contributed by atoms with van der Waals surface area (Å²) in [5, 5.41) is 3.29. The molecule has 0 aromatic heterocycles. The van der Waals surface area contributed by atoms with Gasteiger partial charge in [-0.1, -0.05) is 20.8 Å². The van der Waals surface area contributed by atoms with E-state index in [1.165, 1.54) is 19.3 Å². The Morgan fingerprint density at radius 2 is 2.06 bits per heavy atom. The first-order valence-electron chi connectivity index (χ1n) is 6.91. The topological polar surface area (TPSA) is 32.3 Å². The van der Waals surface area contributed by atoms with Crippen LogP contribution in [0.5, 0.6) is 0 Å². The summed E-state index contributed by atoms with van der Waals surface area (Å²) in [6, 6.07) is 0.422. The molecule has 2 bridgehead atoms. The van der Waals surface area contributed by atoms with Gasteiger partial charge in [-0.15, -0.1) is 0 Å². The first-order chi connectivity index (χ1) is 7.86. The average molecular weight is 236 g/mol. The van der Waals surface area contributed by atoms with Crippen LogP contribution in [-0.4, -0.2) is 29.6 Å². The molecule has 3 rings (SSSR count). The van der Waals surface area contributed by atoms with E-state index >= 15 is 0 Å². The van der Waals surface area contributed by atoms with Crippen molar-refractivity contribution in [2.75, 3.05) is 6.54 Å². The Morgan fingerprint density at radius 3 is 2.53 bits per heavy atom. The third-order valence-electron chi connectivity index (χ3n) is 5.73. The first kappa shape index (κ1) is 11.5. The lowest BCUT2D eigenvalue weighted by Gasteiger charge is -2.48. The fourth-order valence-electron chi connectivity index (χ4n) is 4.98. The molecular weight excluding hydrogens is 212 g/mol. The zero-order chi connectivity index (χ0) is 12.4. The van der Waals surface area contributed by atoms with Gasteiger partial charge in [-0.05, 0) is 42.9 Å². The van der Waals surface area contributed by atoms with E-state index in [1.54, 1.807) is 0 Å². The molecule has 96 valence electrons. The first-order valence-corrected chi connectivity index (χ1v) is 6.91. The molecule has 0 aromatic rings. The average Bonchev–Trinajstić information content (AvgIpc) is 2.81. The second-order valence-corrected chi connectivity index (χ2v) is 7.18. The molecule has 3 heteroatoms. The van der Waals surface area contributed by atoms with Gasteiger partial charge in [0.1, 0.15) is 0 Å². The van der Waals surface area contributed by atoms with E-state index in [0.717, 1.165) is 5.92 Å². The molecule has 1 amide bonds. The maximum Gasteiger partial charge on any atom is 0.238 e.